The summed E-state index contributed by atoms with van der Waals surface area (Å²) in [7, 11) is 1.58. The molecule has 0 aliphatic heterocycles. The largest absolute Gasteiger partial charge is 0.497 e. The number of benzene rings is 1. The van der Waals surface area contributed by atoms with Gasteiger partial charge >= 0.3 is 0 Å². The third-order valence-corrected chi connectivity index (χ3v) is 3.86. The average molecular weight is 361 g/mol. The van der Waals surface area contributed by atoms with Crippen LogP contribution in [0.3, 0.4) is 0 Å². The van der Waals surface area contributed by atoms with E-state index >= 15 is 0 Å². The summed E-state index contributed by atoms with van der Waals surface area (Å²) >= 11 is 11.4. The van der Waals surface area contributed by atoms with Crippen LogP contribution >= 0.6 is 23.2 Å². The van der Waals surface area contributed by atoms with E-state index in [1.807, 2.05) is 12.1 Å². The summed E-state index contributed by atoms with van der Waals surface area (Å²) < 4.78 is 5.12. The fourth-order valence-corrected chi connectivity index (χ4v) is 2.74. The van der Waals surface area contributed by atoms with Gasteiger partial charge in [0.15, 0.2) is 0 Å². The Morgan fingerprint density at radius 3 is 2.13 bits per heavy atom. The monoisotopic (exact) mass is 360 g/mol. The number of rotatable bonds is 10. The smallest absolute Gasteiger partial charge is 0.223 e. The van der Waals surface area contributed by atoms with Crippen molar-refractivity contribution >= 4 is 35.0 Å². The summed E-state index contributed by atoms with van der Waals surface area (Å²) in [5, 5.41) is 0. The fourth-order valence-electron chi connectivity index (χ4n) is 2.33. The second-order valence-corrected chi connectivity index (χ2v) is 5.86. The van der Waals surface area contributed by atoms with Crippen molar-refractivity contribution in [2.24, 2.45) is 5.73 Å². The summed E-state index contributed by atoms with van der Waals surface area (Å²) in [5.41, 5.74) is 6.20. The first-order chi connectivity index (χ1) is 11.0. The number of carbonyl (C=O) groups is 2. The molecule has 128 valence electrons. The van der Waals surface area contributed by atoms with E-state index in [0.29, 0.717) is 30.6 Å². The summed E-state index contributed by atoms with van der Waals surface area (Å²) in [4.78, 5) is 25.4. The van der Waals surface area contributed by atoms with Crippen molar-refractivity contribution in [2.75, 3.05) is 32.0 Å². The van der Waals surface area contributed by atoms with E-state index in [0.717, 1.165) is 5.56 Å². The van der Waals surface area contributed by atoms with E-state index in [-0.39, 0.29) is 24.7 Å². The Labute approximate surface area is 146 Å². The van der Waals surface area contributed by atoms with Crippen molar-refractivity contribution in [3.63, 3.8) is 0 Å². The third kappa shape index (κ3) is 6.67. The van der Waals surface area contributed by atoms with Gasteiger partial charge in [0.05, 0.1) is 7.11 Å². The molecule has 2 amide bonds. The highest BCUT2D eigenvalue weighted by atomic mass is 35.5. The van der Waals surface area contributed by atoms with Gasteiger partial charge in [0.2, 0.25) is 11.8 Å². The molecular weight excluding hydrogens is 339 g/mol. The number of hydrogen-bond donors (Lipinski definition) is 1. The van der Waals surface area contributed by atoms with E-state index < -0.39 is 5.91 Å². The molecule has 0 saturated carbocycles. The van der Waals surface area contributed by atoms with Gasteiger partial charge in [0.25, 0.3) is 0 Å². The lowest BCUT2D eigenvalue weighted by atomic mass is 9.91. The highest BCUT2D eigenvalue weighted by molar-refractivity contribution is 6.18. The van der Waals surface area contributed by atoms with Crippen LogP contribution in [0, 0.1) is 0 Å². The van der Waals surface area contributed by atoms with Crippen LogP contribution in [0.25, 0.3) is 0 Å². The van der Waals surface area contributed by atoms with Crippen molar-refractivity contribution in [1.82, 2.24) is 4.90 Å². The van der Waals surface area contributed by atoms with Gasteiger partial charge in [-0.25, -0.2) is 0 Å². The Morgan fingerprint density at radius 2 is 1.70 bits per heavy atom. The molecule has 0 radical (unpaired) electrons. The molecule has 1 aromatic rings. The molecule has 0 spiro atoms. The zero-order chi connectivity index (χ0) is 17.2. The summed E-state index contributed by atoms with van der Waals surface area (Å²) in [6, 6.07) is 7.27. The number of methoxy groups -OCH3 is 1. The Balaban J connectivity index is 2.87. The minimum atomic E-state index is -0.445. The molecular formula is C16H22Cl2N2O3. The number of nitrogens with zero attached hydrogens (tertiary/aromatic N) is 1. The zero-order valence-corrected chi connectivity index (χ0v) is 14.6. The molecule has 0 heterocycles. The minimum absolute atomic E-state index is 0.0895. The van der Waals surface area contributed by atoms with Gasteiger partial charge in [-0.05, 0) is 17.7 Å². The number of amides is 2. The fraction of sp³-hybridized carbons (Fsp3) is 0.500. The third-order valence-electron chi connectivity index (χ3n) is 3.52. The quantitative estimate of drug-likeness (QED) is 0.650. The van der Waals surface area contributed by atoms with E-state index in [9.17, 15) is 9.59 Å². The van der Waals surface area contributed by atoms with Gasteiger partial charge < -0.3 is 15.4 Å². The molecule has 1 atom stereocenters. The molecule has 0 saturated heterocycles. The Morgan fingerprint density at radius 1 is 1.13 bits per heavy atom. The zero-order valence-electron chi connectivity index (χ0n) is 13.1. The maximum absolute atomic E-state index is 12.4. The maximum atomic E-state index is 12.4. The molecule has 0 aliphatic carbocycles. The lowest BCUT2D eigenvalue weighted by molar-refractivity contribution is -0.131. The molecule has 0 aromatic heterocycles. The molecule has 2 N–H and O–H groups in total. The van der Waals surface area contributed by atoms with Crippen molar-refractivity contribution in [3.05, 3.63) is 29.8 Å². The lowest BCUT2D eigenvalue weighted by Crippen LogP contribution is -2.35. The van der Waals surface area contributed by atoms with Gasteiger partial charge in [0, 0.05) is 43.6 Å². The van der Waals surface area contributed by atoms with Crippen LogP contribution in [0.4, 0.5) is 0 Å². The number of primary amides is 1. The highest BCUT2D eigenvalue weighted by Gasteiger charge is 2.22. The van der Waals surface area contributed by atoms with E-state index in [4.69, 9.17) is 33.7 Å². The van der Waals surface area contributed by atoms with Gasteiger partial charge in [-0.2, -0.15) is 0 Å². The van der Waals surface area contributed by atoms with Crippen LogP contribution in [0.2, 0.25) is 0 Å². The second-order valence-electron chi connectivity index (χ2n) is 5.10. The number of ether oxygens (including phenoxy) is 1. The van der Waals surface area contributed by atoms with Crippen molar-refractivity contribution < 1.29 is 14.3 Å². The van der Waals surface area contributed by atoms with Crippen molar-refractivity contribution in [3.8, 4) is 5.75 Å². The SMILES string of the molecule is COc1ccc(C(CC(N)=O)CC(=O)N(CCCl)CCCl)cc1. The first-order valence-corrected chi connectivity index (χ1v) is 8.40. The summed E-state index contributed by atoms with van der Waals surface area (Å²) in [5.74, 6) is 0.577. The molecule has 23 heavy (non-hydrogen) atoms. The van der Waals surface area contributed by atoms with Crippen LogP contribution in [-0.4, -0.2) is 48.7 Å². The Hall–Kier alpha value is -1.46. The summed E-state index contributed by atoms with van der Waals surface area (Å²) in [6.07, 6.45) is 0.288. The van der Waals surface area contributed by atoms with Gasteiger partial charge in [-0.1, -0.05) is 12.1 Å². The van der Waals surface area contributed by atoms with Crippen LogP contribution in [0.1, 0.15) is 24.3 Å². The predicted octanol–water partition coefficient (Wildman–Crippen LogP) is 2.35. The minimum Gasteiger partial charge on any atom is -0.497 e. The molecule has 1 unspecified atom stereocenters. The summed E-state index contributed by atoms with van der Waals surface area (Å²) in [6.45, 7) is 0.859. The highest BCUT2D eigenvalue weighted by Crippen LogP contribution is 2.26. The van der Waals surface area contributed by atoms with Crippen molar-refractivity contribution in [2.45, 2.75) is 18.8 Å². The molecule has 0 bridgehead atoms. The van der Waals surface area contributed by atoms with Crippen LogP contribution in [0.15, 0.2) is 24.3 Å². The normalized spacial score (nSPS) is 11.8. The Bertz CT molecular complexity index is 503. The van der Waals surface area contributed by atoms with Gasteiger partial charge in [0.1, 0.15) is 5.75 Å². The van der Waals surface area contributed by atoms with Crippen LogP contribution in [-0.2, 0) is 9.59 Å². The average Bonchev–Trinajstić information content (AvgIpc) is 2.53. The van der Waals surface area contributed by atoms with Crippen LogP contribution < -0.4 is 10.5 Å². The van der Waals surface area contributed by atoms with Gasteiger partial charge in [-0.15, -0.1) is 23.2 Å². The standard InChI is InChI=1S/C16H22Cl2N2O3/c1-23-14-4-2-12(3-5-14)13(10-15(19)21)11-16(22)20(8-6-17)9-7-18/h2-5,13H,6-11H2,1H3,(H2,19,21). The number of nitrogens with two attached hydrogens (primary N) is 1. The Kier molecular flexibility index (Phi) is 8.81. The molecule has 7 heteroatoms. The maximum Gasteiger partial charge on any atom is 0.223 e. The first-order valence-electron chi connectivity index (χ1n) is 7.33. The topological polar surface area (TPSA) is 72.6 Å². The van der Waals surface area contributed by atoms with E-state index in [2.05, 4.69) is 0 Å². The number of halogens is 2. The molecule has 0 aliphatic rings. The number of hydrogen-bond acceptors (Lipinski definition) is 3. The predicted molar refractivity (Wildman–Crippen MR) is 92.2 cm³/mol. The first kappa shape index (κ1) is 19.6. The molecule has 1 aromatic carbocycles. The van der Waals surface area contributed by atoms with E-state index in [1.54, 1.807) is 24.1 Å². The van der Waals surface area contributed by atoms with Gasteiger partial charge in [-0.3, -0.25) is 9.59 Å². The van der Waals surface area contributed by atoms with E-state index in [1.165, 1.54) is 0 Å². The second kappa shape index (κ2) is 10.3. The molecule has 0 fully saturated rings. The number of carbonyl (C=O) groups excluding carboxylic acids is 2. The van der Waals surface area contributed by atoms with Crippen molar-refractivity contribution in [1.29, 1.82) is 0 Å². The molecule has 1 rings (SSSR count). The lowest BCUT2D eigenvalue weighted by Gasteiger charge is -2.24. The number of alkyl halides is 2. The van der Waals surface area contributed by atoms with Crippen LogP contribution in [0.5, 0.6) is 5.75 Å². The molecule has 5 nitrogen and oxygen atoms in total.